The average Bonchev–Trinajstić information content (AvgIpc) is 2.80. The van der Waals surface area contributed by atoms with Crippen LogP contribution in [0, 0.1) is 6.92 Å². The number of hydrazine groups is 1. The lowest BCUT2D eigenvalue weighted by atomic mass is 10.2. The molecule has 0 aliphatic heterocycles. The number of anilines is 2. The molecule has 0 aliphatic carbocycles. The molecule has 1 aromatic heterocycles. The largest absolute Gasteiger partial charge is 0.418 e. The molecular weight excluding hydrogens is 291 g/mol. The maximum Gasteiger partial charge on any atom is 0.418 e. The molecule has 0 bridgehead atoms. The summed E-state index contributed by atoms with van der Waals surface area (Å²) < 4.78 is 38.9. The van der Waals surface area contributed by atoms with Crippen molar-refractivity contribution in [2.24, 2.45) is 0 Å². The number of alkyl halides is 3. The summed E-state index contributed by atoms with van der Waals surface area (Å²) in [5.41, 5.74) is 7.33. The molecule has 0 amide bonds. The van der Waals surface area contributed by atoms with Crippen LogP contribution in [0.1, 0.15) is 11.3 Å². The van der Waals surface area contributed by atoms with Gasteiger partial charge < -0.3 is 10.4 Å². The van der Waals surface area contributed by atoms with Crippen LogP contribution in [0.2, 0.25) is 0 Å². The van der Waals surface area contributed by atoms with E-state index in [9.17, 15) is 13.2 Å². The Morgan fingerprint density at radius 2 is 1.59 bits per heavy atom. The molecule has 0 radical (unpaired) electrons. The van der Waals surface area contributed by atoms with Gasteiger partial charge in [-0.3, -0.25) is 5.43 Å². The number of para-hydroxylation sites is 2. The molecule has 3 nitrogen and oxygen atoms in total. The van der Waals surface area contributed by atoms with Crippen molar-refractivity contribution in [1.82, 2.24) is 4.98 Å². The predicted molar refractivity (Wildman–Crippen MR) is 81.7 cm³/mol. The highest BCUT2D eigenvalue weighted by Crippen LogP contribution is 2.35. The summed E-state index contributed by atoms with van der Waals surface area (Å²) in [4.78, 5) is 3.18. The van der Waals surface area contributed by atoms with Crippen molar-refractivity contribution < 1.29 is 13.2 Å². The number of H-pyrrole nitrogens is 1. The smallest absolute Gasteiger partial charge is 0.357 e. The van der Waals surface area contributed by atoms with Crippen LogP contribution in [-0.4, -0.2) is 4.98 Å². The van der Waals surface area contributed by atoms with Crippen molar-refractivity contribution in [3.63, 3.8) is 0 Å². The molecule has 3 aromatic rings. The van der Waals surface area contributed by atoms with Crippen LogP contribution in [0.3, 0.4) is 0 Å². The first kappa shape index (κ1) is 14.3. The SMILES string of the molecule is Cc1[nH]c2ccccc2c1NNc1ccccc1C(F)(F)F. The first-order valence-electron chi connectivity index (χ1n) is 6.72. The third-order valence-electron chi connectivity index (χ3n) is 3.45. The van der Waals surface area contributed by atoms with Crippen LogP contribution >= 0.6 is 0 Å². The summed E-state index contributed by atoms with van der Waals surface area (Å²) in [6.07, 6.45) is -4.40. The number of aromatic amines is 1. The molecule has 3 N–H and O–H groups in total. The van der Waals surface area contributed by atoms with E-state index in [0.717, 1.165) is 28.4 Å². The Morgan fingerprint density at radius 1 is 0.909 bits per heavy atom. The van der Waals surface area contributed by atoms with Crippen LogP contribution in [0.25, 0.3) is 10.9 Å². The van der Waals surface area contributed by atoms with E-state index in [4.69, 9.17) is 0 Å². The van der Waals surface area contributed by atoms with Crippen LogP contribution in [0.15, 0.2) is 48.5 Å². The molecule has 0 atom stereocenters. The Balaban J connectivity index is 1.91. The van der Waals surface area contributed by atoms with E-state index in [0.29, 0.717) is 0 Å². The fraction of sp³-hybridized carbons (Fsp3) is 0.125. The quantitative estimate of drug-likeness (QED) is 0.600. The molecule has 0 spiro atoms. The van der Waals surface area contributed by atoms with Gasteiger partial charge in [0.05, 0.1) is 16.9 Å². The van der Waals surface area contributed by atoms with Gasteiger partial charge in [-0.2, -0.15) is 13.2 Å². The number of aryl methyl sites for hydroxylation is 1. The van der Waals surface area contributed by atoms with Gasteiger partial charge in [0.1, 0.15) is 0 Å². The number of rotatable bonds is 3. The zero-order chi connectivity index (χ0) is 15.7. The third kappa shape index (κ3) is 2.59. The second-order valence-corrected chi connectivity index (χ2v) is 4.96. The van der Waals surface area contributed by atoms with Gasteiger partial charge in [0.25, 0.3) is 0 Å². The topological polar surface area (TPSA) is 39.9 Å². The van der Waals surface area contributed by atoms with E-state index in [2.05, 4.69) is 15.8 Å². The molecule has 0 unspecified atom stereocenters. The van der Waals surface area contributed by atoms with Crippen molar-refractivity contribution >= 4 is 22.3 Å². The number of benzene rings is 2. The van der Waals surface area contributed by atoms with Crippen LogP contribution < -0.4 is 10.9 Å². The molecule has 0 fully saturated rings. The summed E-state index contributed by atoms with van der Waals surface area (Å²) in [6.45, 7) is 1.86. The minimum Gasteiger partial charge on any atom is -0.357 e. The Kier molecular flexibility index (Phi) is 3.44. The Hall–Kier alpha value is -2.63. The van der Waals surface area contributed by atoms with Crippen molar-refractivity contribution in [2.45, 2.75) is 13.1 Å². The molecule has 114 valence electrons. The summed E-state index contributed by atoms with van der Waals surface area (Å²) >= 11 is 0. The average molecular weight is 305 g/mol. The van der Waals surface area contributed by atoms with E-state index in [1.54, 1.807) is 6.07 Å². The van der Waals surface area contributed by atoms with Crippen molar-refractivity contribution in [3.8, 4) is 0 Å². The van der Waals surface area contributed by atoms with Gasteiger partial charge in [-0.25, -0.2) is 0 Å². The monoisotopic (exact) mass is 305 g/mol. The third-order valence-corrected chi connectivity index (χ3v) is 3.45. The fourth-order valence-corrected chi connectivity index (χ4v) is 2.41. The van der Waals surface area contributed by atoms with Gasteiger partial charge in [-0.15, -0.1) is 0 Å². The van der Waals surface area contributed by atoms with Gasteiger partial charge >= 0.3 is 6.18 Å². The molecule has 6 heteroatoms. The van der Waals surface area contributed by atoms with Gasteiger partial charge in [0.15, 0.2) is 0 Å². The molecule has 1 heterocycles. The number of fused-ring (bicyclic) bond motifs is 1. The highest BCUT2D eigenvalue weighted by Gasteiger charge is 2.33. The van der Waals surface area contributed by atoms with Gasteiger partial charge in [-0.05, 0) is 25.1 Å². The van der Waals surface area contributed by atoms with Gasteiger partial charge in [-0.1, -0.05) is 30.3 Å². The Bertz CT molecular complexity index is 806. The van der Waals surface area contributed by atoms with Crippen molar-refractivity contribution in [2.75, 3.05) is 10.9 Å². The normalized spacial score (nSPS) is 11.6. The van der Waals surface area contributed by atoms with E-state index >= 15 is 0 Å². The molecule has 22 heavy (non-hydrogen) atoms. The maximum atomic E-state index is 13.0. The second-order valence-electron chi connectivity index (χ2n) is 4.96. The molecule has 0 aliphatic rings. The first-order chi connectivity index (χ1) is 10.5. The van der Waals surface area contributed by atoms with Crippen molar-refractivity contribution in [3.05, 3.63) is 59.8 Å². The van der Waals surface area contributed by atoms with Crippen LogP contribution in [0.4, 0.5) is 24.5 Å². The number of nitrogens with one attached hydrogen (secondary N) is 3. The molecule has 3 rings (SSSR count). The molecule has 0 saturated carbocycles. The highest BCUT2D eigenvalue weighted by atomic mass is 19.4. The molecule has 2 aromatic carbocycles. The van der Waals surface area contributed by atoms with E-state index in [1.807, 2.05) is 31.2 Å². The van der Waals surface area contributed by atoms with Crippen LogP contribution in [-0.2, 0) is 6.18 Å². The lowest BCUT2D eigenvalue weighted by Gasteiger charge is -2.15. The lowest BCUT2D eigenvalue weighted by molar-refractivity contribution is -0.136. The Morgan fingerprint density at radius 3 is 2.36 bits per heavy atom. The number of aromatic nitrogens is 1. The highest BCUT2D eigenvalue weighted by molar-refractivity contribution is 5.94. The standard InChI is InChI=1S/C16H14F3N3/c1-10-15(11-6-2-4-8-13(11)20-10)22-21-14-9-5-3-7-12(14)16(17,18)19/h2-9,20-22H,1H3. The zero-order valence-electron chi connectivity index (χ0n) is 11.8. The Labute approximate surface area is 125 Å². The van der Waals surface area contributed by atoms with Gasteiger partial charge in [0, 0.05) is 16.6 Å². The predicted octanol–water partition coefficient (Wildman–Crippen LogP) is 4.93. The van der Waals surface area contributed by atoms with E-state index in [1.165, 1.54) is 12.1 Å². The molecular formula is C16H14F3N3. The summed E-state index contributed by atoms with van der Waals surface area (Å²) in [5, 5.41) is 0.914. The van der Waals surface area contributed by atoms with Gasteiger partial charge in [0.2, 0.25) is 0 Å². The zero-order valence-corrected chi connectivity index (χ0v) is 11.8. The van der Waals surface area contributed by atoms with E-state index < -0.39 is 11.7 Å². The fourth-order valence-electron chi connectivity index (χ4n) is 2.41. The maximum absolute atomic E-state index is 13.0. The molecule has 0 saturated heterocycles. The summed E-state index contributed by atoms with van der Waals surface area (Å²) in [5.74, 6) is 0. The number of halogens is 3. The second kappa shape index (κ2) is 5.29. The minimum atomic E-state index is -4.40. The van der Waals surface area contributed by atoms with E-state index in [-0.39, 0.29) is 5.69 Å². The van der Waals surface area contributed by atoms with Crippen molar-refractivity contribution in [1.29, 1.82) is 0 Å². The first-order valence-corrected chi connectivity index (χ1v) is 6.72. The number of hydrogen-bond acceptors (Lipinski definition) is 2. The summed E-state index contributed by atoms with van der Waals surface area (Å²) in [6, 6.07) is 13.0. The minimum absolute atomic E-state index is 0.0142. The summed E-state index contributed by atoms with van der Waals surface area (Å²) in [7, 11) is 0. The lowest BCUT2D eigenvalue weighted by Crippen LogP contribution is -2.15. The number of hydrogen-bond donors (Lipinski definition) is 3. The van der Waals surface area contributed by atoms with Crippen LogP contribution in [0.5, 0.6) is 0 Å².